The highest BCUT2D eigenvalue weighted by atomic mass is 31.2. The molecule has 15 nitrogen and oxygen atoms in total. The number of aliphatic hydroxyl groups is 1. The molecule has 36 heavy (non-hydrogen) atoms. The maximum Gasteiger partial charge on any atom is 0.459 e. The lowest BCUT2D eigenvalue weighted by molar-refractivity contribution is -0.142. The predicted octanol–water partition coefficient (Wildman–Crippen LogP) is 1.22. The number of carbonyl (C=O) groups is 1. The van der Waals surface area contributed by atoms with Crippen molar-refractivity contribution in [1.82, 2.24) is 14.6 Å². The highest BCUT2D eigenvalue weighted by Gasteiger charge is 2.54. The van der Waals surface area contributed by atoms with Gasteiger partial charge < -0.3 is 19.1 Å². The van der Waals surface area contributed by atoms with Crippen molar-refractivity contribution in [2.24, 2.45) is 5.11 Å². The zero-order valence-electron chi connectivity index (χ0n) is 19.5. The molecule has 0 bridgehead atoms. The molecule has 1 saturated heterocycles. The molecule has 0 radical (unpaired) electrons. The smallest absolute Gasteiger partial charge is 0.459 e. The predicted molar refractivity (Wildman–Crippen MR) is 124 cm³/mol. The first-order chi connectivity index (χ1) is 17.0. The summed E-state index contributed by atoms with van der Waals surface area (Å²) in [6.07, 6.45) is -3.04. The Kier molecular flexibility index (Phi) is 8.35. The van der Waals surface area contributed by atoms with Crippen molar-refractivity contribution in [3.05, 3.63) is 73.9 Å². The number of aliphatic hydroxyl groups excluding tert-OH is 1. The molecule has 194 valence electrons. The third kappa shape index (κ3) is 5.85. The normalized spacial score (nSPS) is 25.8. The second-order valence-corrected chi connectivity index (χ2v) is 9.67. The van der Waals surface area contributed by atoms with Crippen molar-refractivity contribution < 1.29 is 33.0 Å². The molecule has 0 amide bonds. The van der Waals surface area contributed by atoms with Crippen LogP contribution in [0, 0.1) is 0 Å². The number of esters is 1. The van der Waals surface area contributed by atoms with Crippen LogP contribution >= 0.6 is 7.75 Å². The lowest BCUT2D eigenvalue weighted by Gasteiger charge is -2.28. The first kappa shape index (κ1) is 27.1. The molecule has 2 heterocycles. The van der Waals surface area contributed by atoms with E-state index < -0.39 is 61.6 Å². The van der Waals surface area contributed by atoms with Crippen LogP contribution in [-0.2, 0) is 23.4 Å². The number of methoxy groups -OCH3 is 1. The van der Waals surface area contributed by atoms with E-state index in [2.05, 4.69) is 24.8 Å². The van der Waals surface area contributed by atoms with E-state index in [4.69, 9.17) is 19.3 Å². The van der Waals surface area contributed by atoms with Crippen LogP contribution in [0.4, 0.5) is 0 Å². The molecule has 1 aliphatic heterocycles. The van der Waals surface area contributed by atoms with Gasteiger partial charge in [0, 0.05) is 17.2 Å². The van der Waals surface area contributed by atoms with Gasteiger partial charge in [0.1, 0.15) is 23.4 Å². The minimum absolute atomic E-state index is 0.162. The molecule has 6 atom stereocenters. The summed E-state index contributed by atoms with van der Waals surface area (Å²) in [5.41, 5.74) is 5.82. The van der Waals surface area contributed by atoms with Crippen LogP contribution in [-0.4, -0.2) is 58.1 Å². The summed E-state index contributed by atoms with van der Waals surface area (Å²) >= 11 is 0. The summed E-state index contributed by atoms with van der Waals surface area (Å²) in [6, 6.07) is 7.95. The largest absolute Gasteiger partial charge is 0.468 e. The van der Waals surface area contributed by atoms with Gasteiger partial charge in [0.05, 0.1) is 19.8 Å². The van der Waals surface area contributed by atoms with Gasteiger partial charge in [-0.1, -0.05) is 23.3 Å². The number of benzene rings is 1. The molecular formula is C20H25N6O9P. The minimum Gasteiger partial charge on any atom is -0.468 e. The highest BCUT2D eigenvalue weighted by Crippen LogP contribution is 2.47. The molecule has 1 fully saturated rings. The molecule has 0 spiro atoms. The SMILES string of the molecule is COC(=O)[C@H](C)NP(=O)(OC[C@H]1O[C@@H](n2ccc(=O)[nH]c2=O)[C@](C)(N=[N+]=[N-])[C@@H]1O)Oc1ccccc1. The second kappa shape index (κ2) is 11.1. The number of hydrogen-bond acceptors (Lipinski definition) is 10. The van der Waals surface area contributed by atoms with Crippen LogP contribution in [0.3, 0.4) is 0 Å². The maximum absolute atomic E-state index is 13.5. The van der Waals surface area contributed by atoms with Gasteiger partial charge in [-0.2, -0.15) is 5.09 Å². The third-order valence-electron chi connectivity index (χ3n) is 5.40. The number of carbonyl (C=O) groups excluding carboxylic acids is 1. The van der Waals surface area contributed by atoms with E-state index in [-0.39, 0.29) is 5.75 Å². The molecule has 1 unspecified atom stereocenters. The zero-order chi connectivity index (χ0) is 26.5. The molecule has 0 aliphatic carbocycles. The summed E-state index contributed by atoms with van der Waals surface area (Å²) in [7, 11) is -3.11. The number of aromatic amines is 1. The second-order valence-electron chi connectivity index (χ2n) is 7.98. The fourth-order valence-electron chi connectivity index (χ4n) is 3.54. The molecule has 3 N–H and O–H groups in total. The quantitative estimate of drug-likeness (QED) is 0.133. The molecule has 2 aromatic rings. The number of hydrogen-bond donors (Lipinski definition) is 3. The van der Waals surface area contributed by atoms with E-state index in [1.54, 1.807) is 18.2 Å². The highest BCUT2D eigenvalue weighted by molar-refractivity contribution is 7.52. The van der Waals surface area contributed by atoms with Gasteiger partial charge in [0.15, 0.2) is 6.23 Å². The fourth-order valence-corrected chi connectivity index (χ4v) is 5.05. The Hall–Kier alpha value is -3.45. The fraction of sp³-hybridized carbons (Fsp3) is 0.450. The third-order valence-corrected chi connectivity index (χ3v) is 7.05. The van der Waals surface area contributed by atoms with Crippen LogP contribution in [0.5, 0.6) is 5.75 Å². The lowest BCUT2D eigenvalue weighted by Crippen LogP contribution is -2.45. The molecule has 3 rings (SSSR count). The van der Waals surface area contributed by atoms with Crippen molar-refractivity contribution in [3.8, 4) is 5.75 Å². The van der Waals surface area contributed by atoms with Gasteiger partial charge in [0.2, 0.25) is 0 Å². The van der Waals surface area contributed by atoms with E-state index in [1.807, 2.05) is 0 Å². The van der Waals surface area contributed by atoms with E-state index in [0.717, 1.165) is 23.9 Å². The van der Waals surface area contributed by atoms with Gasteiger partial charge in [0.25, 0.3) is 5.56 Å². The van der Waals surface area contributed by atoms with Crippen LogP contribution < -0.4 is 20.9 Å². The van der Waals surface area contributed by atoms with E-state index in [0.29, 0.717) is 0 Å². The average molecular weight is 524 g/mol. The summed E-state index contributed by atoms with van der Waals surface area (Å²) in [5, 5.41) is 17.0. The van der Waals surface area contributed by atoms with E-state index >= 15 is 0 Å². The van der Waals surface area contributed by atoms with Gasteiger partial charge in [-0.3, -0.25) is 23.7 Å². The molecule has 1 aromatic carbocycles. The Bertz CT molecular complexity index is 1290. The topological polar surface area (TPSA) is 207 Å². The Balaban J connectivity index is 1.88. The number of aromatic nitrogens is 2. The Morgan fingerprint density at radius 3 is 2.69 bits per heavy atom. The summed E-state index contributed by atoms with van der Waals surface area (Å²) in [5.74, 6) is -0.573. The number of ether oxygens (including phenoxy) is 2. The average Bonchev–Trinajstić information content (AvgIpc) is 3.08. The van der Waals surface area contributed by atoms with Crippen LogP contribution in [0.1, 0.15) is 20.1 Å². The molecule has 1 aromatic heterocycles. The molecule has 16 heteroatoms. The van der Waals surface area contributed by atoms with Crippen LogP contribution in [0.15, 0.2) is 57.3 Å². The van der Waals surface area contributed by atoms with Gasteiger partial charge in [-0.15, -0.1) is 0 Å². The van der Waals surface area contributed by atoms with Crippen molar-refractivity contribution >= 4 is 13.7 Å². The van der Waals surface area contributed by atoms with Crippen LogP contribution in [0.25, 0.3) is 10.4 Å². The molecule has 0 saturated carbocycles. The zero-order valence-corrected chi connectivity index (χ0v) is 20.4. The maximum atomic E-state index is 13.5. The number of nitrogens with one attached hydrogen (secondary N) is 2. The van der Waals surface area contributed by atoms with Crippen molar-refractivity contribution in [2.75, 3.05) is 13.7 Å². The van der Waals surface area contributed by atoms with Gasteiger partial charge >= 0.3 is 19.4 Å². The summed E-state index contributed by atoms with van der Waals surface area (Å²) in [6.45, 7) is 2.16. The van der Waals surface area contributed by atoms with Gasteiger partial charge in [-0.05, 0) is 31.5 Å². The van der Waals surface area contributed by atoms with E-state index in [9.17, 15) is 24.1 Å². The number of azide groups is 1. The van der Waals surface area contributed by atoms with E-state index in [1.165, 1.54) is 26.0 Å². The summed E-state index contributed by atoms with van der Waals surface area (Å²) < 4.78 is 35.9. The monoisotopic (exact) mass is 524 g/mol. The number of nitrogens with zero attached hydrogens (tertiary/aromatic N) is 4. The van der Waals surface area contributed by atoms with Crippen molar-refractivity contribution in [1.29, 1.82) is 0 Å². The number of rotatable bonds is 10. The summed E-state index contributed by atoms with van der Waals surface area (Å²) in [4.78, 5) is 40.5. The Labute approximate surface area is 204 Å². The lowest BCUT2D eigenvalue weighted by atomic mass is 9.93. The number of para-hydroxylation sites is 1. The first-order valence-corrected chi connectivity index (χ1v) is 12.1. The Morgan fingerprint density at radius 2 is 2.08 bits per heavy atom. The standard InChI is InChI=1S/C20H25N6O9P/c1-12(17(29)32-3)23-36(31,35-13-7-5-4-6-8-13)33-11-14-16(28)20(2,24-25-21)18(34-14)26-10-9-15(27)22-19(26)30/h4-10,12,14,16,18,28H,11H2,1-3H3,(H,23,31)(H,22,27,30)/t12-,14+,16+,18+,20+,36?/m0/s1. The van der Waals surface area contributed by atoms with Crippen molar-refractivity contribution in [2.45, 2.75) is 43.9 Å². The number of H-pyrrole nitrogens is 1. The van der Waals surface area contributed by atoms with Crippen molar-refractivity contribution in [3.63, 3.8) is 0 Å². The Morgan fingerprint density at radius 1 is 1.39 bits per heavy atom. The van der Waals surface area contributed by atoms with Crippen LogP contribution in [0.2, 0.25) is 0 Å². The minimum atomic E-state index is -4.27. The molecular weight excluding hydrogens is 499 g/mol. The molecule has 1 aliphatic rings. The van der Waals surface area contributed by atoms with Gasteiger partial charge in [-0.25, -0.2) is 9.36 Å². The first-order valence-electron chi connectivity index (χ1n) is 10.6.